The van der Waals surface area contributed by atoms with Gasteiger partial charge in [-0.2, -0.15) is 10.1 Å². The summed E-state index contributed by atoms with van der Waals surface area (Å²) in [6, 6.07) is 6.44. The van der Waals surface area contributed by atoms with Crippen molar-refractivity contribution in [1.82, 2.24) is 15.2 Å². The van der Waals surface area contributed by atoms with E-state index in [0.717, 1.165) is 29.3 Å². The zero-order valence-corrected chi connectivity index (χ0v) is 14.8. The molecular weight excluding hydrogens is 318 g/mol. The van der Waals surface area contributed by atoms with Crippen LogP contribution in [-0.2, 0) is 6.42 Å². The van der Waals surface area contributed by atoms with Crippen molar-refractivity contribution in [3.8, 4) is 11.5 Å². The first-order chi connectivity index (χ1) is 12.3. The Kier molecular flexibility index (Phi) is 5.87. The first kappa shape index (κ1) is 17.3. The Labute approximate surface area is 148 Å². The molecule has 134 valence electrons. The van der Waals surface area contributed by atoms with Gasteiger partial charge in [0, 0.05) is 12.6 Å². The third-order valence-corrected chi connectivity index (χ3v) is 4.41. The minimum Gasteiger partial charge on any atom is -0.493 e. The van der Waals surface area contributed by atoms with Crippen molar-refractivity contribution >= 4 is 11.8 Å². The maximum atomic E-state index is 5.33. The fourth-order valence-electron chi connectivity index (χ4n) is 3.08. The molecule has 0 atom stereocenters. The summed E-state index contributed by atoms with van der Waals surface area (Å²) in [6.45, 7) is 0.712. The number of nitrogens with one attached hydrogen (secondary N) is 2. The van der Waals surface area contributed by atoms with Crippen LogP contribution in [0.15, 0.2) is 24.4 Å². The van der Waals surface area contributed by atoms with Crippen LogP contribution in [0.25, 0.3) is 0 Å². The molecule has 1 fully saturated rings. The Bertz CT molecular complexity index is 689. The second kappa shape index (κ2) is 8.50. The summed E-state index contributed by atoms with van der Waals surface area (Å²) in [5, 5.41) is 14.7. The molecule has 7 nitrogen and oxygen atoms in total. The molecule has 2 N–H and O–H groups in total. The largest absolute Gasteiger partial charge is 0.493 e. The van der Waals surface area contributed by atoms with E-state index in [1.165, 1.54) is 25.7 Å². The average molecular weight is 343 g/mol. The van der Waals surface area contributed by atoms with Crippen molar-refractivity contribution in [2.24, 2.45) is 0 Å². The van der Waals surface area contributed by atoms with Crippen LogP contribution in [0.3, 0.4) is 0 Å². The van der Waals surface area contributed by atoms with Gasteiger partial charge in [-0.05, 0) is 37.0 Å². The summed E-state index contributed by atoms with van der Waals surface area (Å²) >= 11 is 0. The number of anilines is 2. The van der Waals surface area contributed by atoms with Gasteiger partial charge in [0.1, 0.15) is 0 Å². The van der Waals surface area contributed by atoms with Crippen LogP contribution in [0.5, 0.6) is 11.5 Å². The van der Waals surface area contributed by atoms with Gasteiger partial charge in [0.25, 0.3) is 0 Å². The molecule has 1 aromatic heterocycles. The van der Waals surface area contributed by atoms with Crippen LogP contribution >= 0.6 is 0 Å². The molecule has 0 unspecified atom stereocenters. The van der Waals surface area contributed by atoms with E-state index in [2.05, 4.69) is 25.8 Å². The van der Waals surface area contributed by atoms with Gasteiger partial charge in [-0.15, -0.1) is 5.10 Å². The minimum atomic E-state index is 0.510. The topological polar surface area (TPSA) is 81.2 Å². The number of hydrogen-bond acceptors (Lipinski definition) is 7. The number of rotatable bonds is 8. The number of hydrogen-bond donors (Lipinski definition) is 2. The number of methoxy groups -OCH3 is 2. The van der Waals surface area contributed by atoms with Crippen molar-refractivity contribution in [2.75, 3.05) is 31.4 Å². The van der Waals surface area contributed by atoms with E-state index in [0.29, 0.717) is 18.5 Å². The highest BCUT2D eigenvalue weighted by Gasteiger charge is 2.15. The van der Waals surface area contributed by atoms with Crippen molar-refractivity contribution in [3.63, 3.8) is 0 Å². The maximum Gasteiger partial charge on any atom is 0.244 e. The van der Waals surface area contributed by atoms with Gasteiger partial charge < -0.3 is 20.1 Å². The monoisotopic (exact) mass is 343 g/mol. The number of ether oxygens (including phenoxy) is 2. The highest BCUT2D eigenvalue weighted by atomic mass is 16.5. The zero-order chi connectivity index (χ0) is 17.5. The third-order valence-electron chi connectivity index (χ3n) is 4.41. The van der Waals surface area contributed by atoms with Crippen molar-refractivity contribution in [3.05, 3.63) is 30.0 Å². The SMILES string of the molecule is COc1ccc(CCNc2nncc(NC3CCCC3)n2)cc1OC. The molecule has 7 heteroatoms. The molecule has 0 amide bonds. The molecule has 0 spiro atoms. The highest BCUT2D eigenvalue weighted by molar-refractivity contribution is 5.43. The van der Waals surface area contributed by atoms with Crippen LogP contribution in [0, 0.1) is 0 Å². The lowest BCUT2D eigenvalue weighted by Crippen LogP contribution is -2.17. The predicted molar refractivity (Wildman–Crippen MR) is 97.4 cm³/mol. The normalized spacial score (nSPS) is 14.3. The van der Waals surface area contributed by atoms with E-state index >= 15 is 0 Å². The summed E-state index contributed by atoms with van der Waals surface area (Å²) in [4.78, 5) is 4.49. The van der Waals surface area contributed by atoms with Crippen molar-refractivity contribution in [2.45, 2.75) is 38.1 Å². The number of nitrogens with zero attached hydrogens (tertiary/aromatic N) is 3. The number of benzene rings is 1. The lowest BCUT2D eigenvalue weighted by molar-refractivity contribution is 0.354. The van der Waals surface area contributed by atoms with Crippen LogP contribution in [0.4, 0.5) is 11.8 Å². The first-order valence-electron chi connectivity index (χ1n) is 8.69. The first-order valence-corrected chi connectivity index (χ1v) is 8.69. The van der Waals surface area contributed by atoms with Crippen molar-refractivity contribution in [1.29, 1.82) is 0 Å². The molecule has 0 aliphatic heterocycles. The number of aromatic nitrogens is 3. The maximum absolute atomic E-state index is 5.33. The third kappa shape index (κ3) is 4.71. The summed E-state index contributed by atoms with van der Waals surface area (Å²) in [6.07, 6.45) is 7.47. The highest BCUT2D eigenvalue weighted by Crippen LogP contribution is 2.27. The Balaban J connectivity index is 1.53. The minimum absolute atomic E-state index is 0.510. The van der Waals surface area contributed by atoms with Gasteiger partial charge in [0.2, 0.25) is 5.95 Å². The smallest absolute Gasteiger partial charge is 0.244 e. The predicted octanol–water partition coefficient (Wildman–Crippen LogP) is 2.90. The van der Waals surface area contributed by atoms with Gasteiger partial charge in [0.15, 0.2) is 17.3 Å². The summed E-state index contributed by atoms with van der Waals surface area (Å²) in [5.41, 5.74) is 1.15. The van der Waals surface area contributed by atoms with E-state index in [1.807, 2.05) is 18.2 Å². The molecule has 25 heavy (non-hydrogen) atoms. The summed E-state index contributed by atoms with van der Waals surface area (Å²) in [7, 11) is 3.28. The molecule has 1 aliphatic rings. The van der Waals surface area contributed by atoms with E-state index in [4.69, 9.17) is 9.47 Å². The Morgan fingerprint density at radius 2 is 1.92 bits per heavy atom. The quantitative estimate of drug-likeness (QED) is 0.762. The standard InChI is InChI=1S/C18H25N5O2/c1-24-15-8-7-13(11-16(15)25-2)9-10-19-18-22-17(12-20-23-18)21-14-5-3-4-6-14/h7-8,11-12,14H,3-6,9-10H2,1-2H3,(H2,19,21,22,23). The van der Waals surface area contributed by atoms with Crippen LogP contribution < -0.4 is 20.1 Å². The van der Waals surface area contributed by atoms with Gasteiger partial charge in [0.05, 0.1) is 20.4 Å². The Hall–Kier alpha value is -2.57. The molecule has 1 saturated carbocycles. The molecule has 1 aromatic carbocycles. The molecule has 1 aliphatic carbocycles. The molecule has 0 bridgehead atoms. The summed E-state index contributed by atoms with van der Waals surface area (Å²) in [5.74, 6) is 2.80. The Morgan fingerprint density at radius 3 is 2.68 bits per heavy atom. The van der Waals surface area contributed by atoms with Crippen LogP contribution in [-0.4, -0.2) is 42.0 Å². The van der Waals surface area contributed by atoms with E-state index in [9.17, 15) is 0 Å². The van der Waals surface area contributed by atoms with E-state index in [1.54, 1.807) is 20.4 Å². The van der Waals surface area contributed by atoms with Crippen molar-refractivity contribution < 1.29 is 9.47 Å². The molecule has 0 saturated heterocycles. The second-order valence-corrected chi connectivity index (χ2v) is 6.16. The molecular formula is C18H25N5O2. The average Bonchev–Trinajstić information content (AvgIpc) is 3.15. The Morgan fingerprint density at radius 1 is 1.12 bits per heavy atom. The van der Waals surface area contributed by atoms with Crippen LogP contribution in [0.1, 0.15) is 31.2 Å². The van der Waals surface area contributed by atoms with Crippen LogP contribution in [0.2, 0.25) is 0 Å². The molecule has 2 aromatic rings. The fourth-order valence-corrected chi connectivity index (χ4v) is 3.08. The molecule has 0 radical (unpaired) electrons. The van der Waals surface area contributed by atoms with Gasteiger partial charge >= 0.3 is 0 Å². The van der Waals surface area contributed by atoms with E-state index in [-0.39, 0.29) is 0 Å². The lowest BCUT2D eigenvalue weighted by Gasteiger charge is -2.13. The van der Waals surface area contributed by atoms with Gasteiger partial charge in [-0.25, -0.2) is 0 Å². The lowest BCUT2D eigenvalue weighted by atomic mass is 10.1. The van der Waals surface area contributed by atoms with Gasteiger partial charge in [-0.3, -0.25) is 0 Å². The fraction of sp³-hybridized carbons (Fsp3) is 0.500. The van der Waals surface area contributed by atoms with E-state index < -0.39 is 0 Å². The second-order valence-electron chi connectivity index (χ2n) is 6.16. The summed E-state index contributed by atoms with van der Waals surface area (Å²) < 4.78 is 10.6. The van der Waals surface area contributed by atoms with Gasteiger partial charge in [-0.1, -0.05) is 18.9 Å². The zero-order valence-electron chi connectivity index (χ0n) is 14.8. The molecule has 1 heterocycles. The molecule has 3 rings (SSSR count).